The van der Waals surface area contributed by atoms with E-state index in [0.29, 0.717) is 6.04 Å². The molecule has 4 heterocycles. The Kier molecular flexibility index (Phi) is 5.28. The first-order valence-electron chi connectivity index (χ1n) is 10.3. The zero-order chi connectivity index (χ0) is 18.0. The van der Waals surface area contributed by atoms with Gasteiger partial charge in [0.2, 0.25) is 0 Å². The van der Waals surface area contributed by atoms with Crippen LogP contribution in [0.3, 0.4) is 0 Å². The van der Waals surface area contributed by atoms with Gasteiger partial charge in [0.15, 0.2) is 0 Å². The molecule has 1 aromatic heterocycles. The Balaban J connectivity index is 1.38. The Morgan fingerprint density at radius 2 is 1.96 bits per heavy atom. The van der Waals surface area contributed by atoms with Crippen molar-refractivity contribution in [1.29, 1.82) is 0 Å². The Bertz CT molecular complexity index is 634. The van der Waals surface area contributed by atoms with Gasteiger partial charge in [-0.05, 0) is 70.7 Å². The van der Waals surface area contributed by atoms with Crippen molar-refractivity contribution in [3.05, 3.63) is 29.6 Å². The van der Waals surface area contributed by atoms with Crippen LogP contribution in [0, 0.1) is 6.92 Å². The van der Waals surface area contributed by atoms with E-state index in [9.17, 15) is 4.79 Å². The fraction of sp³-hybridized carbons (Fsp3) is 0.714. The zero-order valence-corrected chi connectivity index (χ0v) is 16.0. The number of hydrogen-bond acceptors (Lipinski definition) is 4. The SMILES string of the molecule is Cc1ncccc1C(=O)N1CCC2(CC1)CC(N1CCCCC1)CCO2. The third kappa shape index (κ3) is 3.65. The van der Waals surface area contributed by atoms with Gasteiger partial charge in [0.1, 0.15) is 0 Å². The maximum atomic E-state index is 12.8. The number of rotatable bonds is 2. The second kappa shape index (κ2) is 7.65. The summed E-state index contributed by atoms with van der Waals surface area (Å²) < 4.78 is 6.31. The molecule has 0 radical (unpaired) electrons. The summed E-state index contributed by atoms with van der Waals surface area (Å²) in [5.41, 5.74) is 1.54. The summed E-state index contributed by atoms with van der Waals surface area (Å²) in [7, 11) is 0. The molecule has 3 fully saturated rings. The number of carbonyl (C=O) groups is 1. The minimum Gasteiger partial charge on any atom is -0.375 e. The third-order valence-corrected chi connectivity index (χ3v) is 6.57. The maximum absolute atomic E-state index is 12.8. The minimum atomic E-state index is -0.0128. The molecule has 3 saturated heterocycles. The van der Waals surface area contributed by atoms with E-state index in [2.05, 4.69) is 9.88 Å². The number of aromatic nitrogens is 1. The first kappa shape index (κ1) is 17.9. The highest BCUT2D eigenvalue weighted by Gasteiger charge is 2.42. The Labute approximate surface area is 156 Å². The molecule has 0 saturated carbocycles. The van der Waals surface area contributed by atoms with Crippen LogP contribution in [-0.4, -0.2) is 65.1 Å². The van der Waals surface area contributed by atoms with Crippen LogP contribution in [0.5, 0.6) is 0 Å². The predicted molar refractivity (Wildman–Crippen MR) is 101 cm³/mol. The van der Waals surface area contributed by atoms with Crippen LogP contribution >= 0.6 is 0 Å². The molecular formula is C21H31N3O2. The van der Waals surface area contributed by atoms with E-state index in [1.54, 1.807) is 6.20 Å². The molecule has 1 unspecified atom stereocenters. The van der Waals surface area contributed by atoms with Crippen LogP contribution in [0.2, 0.25) is 0 Å². The molecular weight excluding hydrogens is 326 g/mol. The Morgan fingerprint density at radius 3 is 2.69 bits per heavy atom. The second-order valence-electron chi connectivity index (χ2n) is 8.20. The second-order valence-corrected chi connectivity index (χ2v) is 8.20. The molecule has 0 N–H and O–H groups in total. The molecule has 3 aliphatic rings. The number of amides is 1. The largest absolute Gasteiger partial charge is 0.375 e. The van der Waals surface area contributed by atoms with Gasteiger partial charge in [0.05, 0.1) is 11.2 Å². The molecule has 4 rings (SSSR count). The molecule has 3 aliphatic heterocycles. The number of piperidine rings is 2. The molecule has 142 valence electrons. The number of ether oxygens (including phenoxy) is 1. The lowest BCUT2D eigenvalue weighted by Gasteiger charge is -2.49. The van der Waals surface area contributed by atoms with Crippen LogP contribution in [0.15, 0.2) is 18.3 Å². The van der Waals surface area contributed by atoms with Crippen molar-refractivity contribution in [2.75, 3.05) is 32.8 Å². The average molecular weight is 357 g/mol. The van der Waals surface area contributed by atoms with Crippen molar-refractivity contribution in [2.24, 2.45) is 0 Å². The number of nitrogens with zero attached hydrogens (tertiary/aromatic N) is 3. The molecule has 0 aromatic carbocycles. The van der Waals surface area contributed by atoms with E-state index in [-0.39, 0.29) is 11.5 Å². The van der Waals surface area contributed by atoms with Crippen molar-refractivity contribution in [3.63, 3.8) is 0 Å². The first-order valence-corrected chi connectivity index (χ1v) is 10.3. The van der Waals surface area contributed by atoms with E-state index >= 15 is 0 Å². The van der Waals surface area contributed by atoms with Gasteiger partial charge in [0.25, 0.3) is 5.91 Å². The number of hydrogen-bond donors (Lipinski definition) is 0. The number of likely N-dealkylation sites (tertiary alicyclic amines) is 2. The molecule has 5 nitrogen and oxygen atoms in total. The molecule has 1 atom stereocenters. The normalized spacial score (nSPS) is 26.8. The molecule has 26 heavy (non-hydrogen) atoms. The van der Waals surface area contributed by atoms with Crippen molar-refractivity contribution in [2.45, 2.75) is 63.5 Å². The van der Waals surface area contributed by atoms with Crippen molar-refractivity contribution >= 4 is 5.91 Å². The van der Waals surface area contributed by atoms with Crippen LogP contribution < -0.4 is 0 Å². The fourth-order valence-corrected chi connectivity index (χ4v) is 4.94. The van der Waals surface area contributed by atoms with Gasteiger partial charge in [-0.2, -0.15) is 0 Å². The average Bonchev–Trinajstić information content (AvgIpc) is 2.69. The van der Waals surface area contributed by atoms with Gasteiger partial charge >= 0.3 is 0 Å². The van der Waals surface area contributed by atoms with Crippen molar-refractivity contribution in [3.8, 4) is 0 Å². The van der Waals surface area contributed by atoms with Crippen LogP contribution in [0.1, 0.15) is 61.0 Å². The number of aryl methyl sites for hydroxylation is 1. The van der Waals surface area contributed by atoms with Crippen molar-refractivity contribution < 1.29 is 9.53 Å². The lowest BCUT2D eigenvalue weighted by atomic mass is 9.81. The molecule has 0 bridgehead atoms. The summed E-state index contributed by atoms with van der Waals surface area (Å²) in [5.74, 6) is 0.119. The summed E-state index contributed by atoms with van der Waals surface area (Å²) in [6, 6.07) is 4.41. The predicted octanol–water partition coefficient (Wildman–Crippen LogP) is 3.03. The molecule has 1 spiro atoms. The fourth-order valence-electron chi connectivity index (χ4n) is 4.94. The maximum Gasteiger partial charge on any atom is 0.255 e. The van der Waals surface area contributed by atoms with Gasteiger partial charge in [-0.25, -0.2) is 0 Å². The summed E-state index contributed by atoms with van der Waals surface area (Å²) in [5, 5.41) is 0. The topological polar surface area (TPSA) is 45.7 Å². The lowest BCUT2D eigenvalue weighted by Crippen LogP contribution is -2.55. The summed E-state index contributed by atoms with van der Waals surface area (Å²) >= 11 is 0. The molecule has 0 aliphatic carbocycles. The third-order valence-electron chi connectivity index (χ3n) is 6.57. The van der Waals surface area contributed by atoms with Gasteiger partial charge in [-0.1, -0.05) is 6.42 Å². The molecule has 5 heteroatoms. The van der Waals surface area contributed by atoms with E-state index in [1.165, 1.54) is 38.8 Å². The minimum absolute atomic E-state index is 0.0128. The quantitative estimate of drug-likeness (QED) is 0.816. The number of carbonyl (C=O) groups excluding carboxylic acids is 1. The van der Waals surface area contributed by atoms with E-state index in [0.717, 1.165) is 50.2 Å². The lowest BCUT2D eigenvalue weighted by molar-refractivity contribution is -0.131. The summed E-state index contributed by atoms with van der Waals surface area (Å²) in [6.07, 6.45) is 10.0. The van der Waals surface area contributed by atoms with E-state index < -0.39 is 0 Å². The van der Waals surface area contributed by atoms with Crippen LogP contribution in [0.4, 0.5) is 0 Å². The van der Waals surface area contributed by atoms with Gasteiger partial charge < -0.3 is 14.5 Å². The highest BCUT2D eigenvalue weighted by molar-refractivity contribution is 5.95. The first-order chi connectivity index (χ1) is 12.7. The molecule has 1 aromatic rings. The summed E-state index contributed by atoms with van der Waals surface area (Å²) in [6.45, 7) is 6.88. The standard InChI is InChI=1S/C21H31N3O2/c1-17-19(6-5-10-22-17)20(25)24-13-8-21(9-14-24)16-18(7-15-26-21)23-11-3-2-4-12-23/h5-6,10,18H,2-4,7-9,11-16H2,1H3. The van der Waals surface area contributed by atoms with Crippen molar-refractivity contribution in [1.82, 2.24) is 14.8 Å². The zero-order valence-electron chi connectivity index (χ0n) is 16.0. The highest BCUT2D eigenvalue weighted by Crippen LogP contribution is 2.37. The Hall–Kier alpha value is -1.46. The van der Waals surface area contributed by atoms with Gasteiger partial charge in [-0.15, -0.1) is 0 Å². The number of pyridine rings is 1. The van der Waals surface area contributed by atoms with Crippen LogP contribution in [-0.2, 0) is 4.74 Å². The van der Waals surface area contributed by atoms with Gasteiger partial charge in [0, 0.05) is 37.6 Å². The van der Waals surface area contributed by atoms with E-state index in [1.807, 2.05) is 24.0 Å². The molecule has 1 amide bonds. The van der Waals surface area contributed by atoms with Crippen LogP contribution in [0.25, 0.3) is 0 Å². The Morgan fingerprint density at radius 1 is 1.19 bits per heavy atom. The monoisotopic (exact) mass is 357 g/mol. The smallest absolute Gasteiger partial charge is 0.255 e. The van der Waals surface area contributed by atoms with Gasteiger partial charge in [-0.3, -0.25) is 9.78 Å². The highest BCUT2D eigenvalue weighted by atomic mass is 16.5. The van der Waals surface area contributed by atoms with E-state index in [4.69, 9.17) is 4.74 Å². The summed E-state index contributed by atoms with van der Waals surface area (Å²) in [4.78, 5) is 21.8.